The molecule has 0 bridgehead atoms. The van der Waals surface area contributed by atoms with E-state index in [2.05, 4.69) is 12.1 Å². The van der Waals surface area contributed by atoms with Crippen LogP contribution in [0.15, 0.2) is 42.0 Å². The van der Waals surface area contributed by atoms with E-state index in [0.717, 1.165) is 18.3 Å². The highest BCUT2D eigenvalue weighted by molar-refractivity contribution is 5.72. The Labute approximate surface area is 72.7 Å². The Bertz CT molecular complexity index is 272. The second-order valence-corrected chi connectivity index (χ2v) is 2.76. The zero-order valence-corrected chi connectivity index (χ0v) is 7.16. The molecule has 0 amide bonds. The first-order valence-electron chi connectivity index (χ1n) is 3.99. The van der Waals surface area contributed by atoms with E-state index in [1.165, 1.54) is 5.56 Å². The SMILES string of the molecule is CC(C=O)=CCc1ccccc1. The van der Waals surface area contributed by atoms with E-state index in [1.54, 1.807) is 0 Å². The zero-order valence-electron chi connectivity index (χ0n) is 7.16. The predicted molar refractivity (Wildman–Crippen MR) is 50.0 cm³/mol. The monoisotopic (exact) mass is 160 g/mol. The van der Waals surface area contributed by atoms with Gasteiger partial charge in [0.25, 0.3) is 0 Å². The average molecular weight is 160 g/mol. The van der Waals surface area contributed by atoms with Crippen LogP contribution >= 0.6 is 0 Å². The molecule has 0 spiro atoms. The zero-order chi connectivity index (χ0) is 8.81. The van der Waals surface area contributed by atoms with Crippen LogP contribution in [0.3, 0.4) is 0 Å². The van der Waals surface area contributed by atoms with Gasteiger partial charge >= 0.3 is 0 Å². The van der Waals surface area contributed by atoms with Crippen LogP contribution in [0.2, 0.25) is 0 Å². The fourth-order valence-corrected chi connectivity index (χ4v) is 0.941. The minimum atomic E-state index is 0.791. The summed E-state index contributed by atoms with van der Waals surface area (Å²) >= 11 is 0. The molecule has 1 heteroatoms. The second kappa shape index (κ2) is 4.50. The van der Waals surface area contributed by atoms with Crippen molar-refractivity contribution in [2.75, 3.05) is 0 Å². The van der Waals surface area contributed by atoms with E-state index in [9.17, 15) is 4.79 Å². The summed E-state index contributed by atoms with van der Waals surface area (Å²) in [5.74, 6) is 0. The average Bonchev–Trinajstić information content (AvgIpc) is 2.16. The Morgan fingerprint density at radius 1 is 1.33 bits per heavy atom. The van der Waals surface area contributed by atoms with E-state index in [4.69, 9.17) is 0 Å². The number of carbonyl (C=O) groups is 1. The topological polar surface area (TPSA) is 17.1 Å². The molecule has 62 valence electrons. The van der Waals surface area contributed by atoms with E-state index in [-0.39, 0.29) is 0 Å². The molecule has 0 saturated heterocycles. The van der Waals surface area contributed by atoms with Gasteiger partial charge in [-0.25, -0.2) is 0 Å². The first kappa shape index (κ1) is 8.72. The fraction of sp³-hybridized carbons (Fsp3) is 0.182. The molecule has 1 aromatic rings. The van der Waals surface area contributed by atoms with Gasteiger partial charge in [0.15, 0.2) is 0 Å². The molecule has 0 N–H and O–H groups in total. The van der Waals surface area contributed by atoms with Gasteiger partial charge in [0.05, 0.1) is 0 Å². The summed E-state index contributed by atoms with van der Waals surface area (Å²) < 4.78 is 0. The largest absolute Gasteiger partial charge is 0.298 e. The van der Waals surface area contributed by atoms with Gasteiger partial charge in [-0.15, -0.1) is 0 Å². The van der Waals surface area contributed by atoms with Crippen molar-refractivity contribution in [3.8, 4) is 0 Å². The van der Waals surface area contributed by atoms with Gasteiger partial charge in [-0.2, -0.15) is 0 Å². The van der Waals surface area contributed by atoms with Gasteiger partial charge < -0.3 is 0 Å². The number of benzene rings is 1. The minimum Gasteiger partial charge on any atom is -0.298 e. The van der Waals surface area contributed by atoms with E-state index in [0.29, 0.717) is 0 Å². The van der Waals surface area contributed by atoms with Gasteiger partial charge in [-0.05, 0) is 24.5 Å². The number of allylic oxidation sites excluding steroid dienone is 2. The van der Waals surface area contributed by atoms with Crippen LogP contribution in [0.25, 0.3) is 0 Å². The van der Waals surface area contributed by atoms with Gasteiger partial charge in [-0.1, -0.05) is 36.4 Å². The molecule has 1 rings (SSSR count). The number of hydrogen-bond donors (Lipinski definition) is 0. The molecule has 0 aliphatic heterocycles. The maximum atomic E-state index is 10.3. The van der Waals surface area contributed by atoms with Crippen molar-refractivity contribution in [1.29, 1.82) is 0 Å². The lowest BCUT2D eigenvalue weighted by Crippen LogP contribution is -1.82. The molecule has 0 aliphatic rings. The summed E-state index contributed by atoms with van der Waals surface area (Å²) in [6.07, 6.45) is 3.65. The molecule has 0 aliphatic carbocycles. The Hall–Kier alpha value is -1.37. The van der Waals surface area contributed by atoms with Crippen LogP contribution < -0.4 is 0 Å². The molecular weight excluding hydrogens is 148 g/mol. The minimum absolute atomic E-state index is 0.791. The normalized spacial score (nSPS) is 11.2. The molecule has 0 saturated carbocycles. The van der Waals surface area contributed by atoms with E-state index >= 15 is 0 Å². The summed E-state index contributed by atoms with van der Waals surface area (Å²) in [6, 6.07) is 10.1. The quantitative estimate of drug-likeness (QED) is 0.490. The lowest BCUT2D eigenvalue weighted by Gasteiger charge is -1.94. The van der Waals surface area contributed by atoms with Gasteiger partial charge in [0, 0.05) is 0 Å². The second-order valence-electron chi connectivity index (χ2n) is 2.76. The van der Waals surface area contributed by atoms with Crippen LogP contribution in [-0.2, 0) is 11.2 Å². The standard InChI is InChI=1S/C11H12O/c1-10(9-12)7-8-11-5-3-2-4-6-11/h2-7,9H,8H2,1H3. The first-order valence-corrected chi connectivity index (χ1v) is 3.99. The molecule has 0 aromatic heterocycles. The van der Waals surface area contributed by atoms with Crippen LogP contribution in [0, 0.1) is 0 Å². The third-order valence-electron chi connectivity index (χ3n) is 1.69. The molecule has 0 radical (unpaired) electrons. The van der Waals surface area contributed by atoms with Gasteiger partial charge in [0.1, 0.15) is 6.29 Å². The lowest BCUT2D eigenvalue weighted by molar-refractivity contribution is -0.104. The van der Waals surface area contributed by atoms with Crippen molar-refractivity contribution in [1.82, 2.24) is 0 Å². The highest BCUT2D eigenvalue weighted by atomic mass is 16.1. The van der Waals surface area contributed by atoms with Gasteiger partial charge in [-0.3, -0.25) is 4.79 Å². The summed E-state index contributed by atoms with van der Waals surface area (Å²) in [4.78, 5) is 10.3. The van der Waals surface area contributed by atoms with Crippen LogP contribution in [0.1, 0.15) is 12.5 Å². The maximum absolute atomic E-state index is 10.3. The van der Waals surface area contributed by atoms with Crippen molar-refractivity contribution in [2.45, 2.75) is 13.3 Å². The summed E-state index contributed by atoms with van der Waals surface area (Å²) in [6.45, 7) is 1.82. The van der Waals surface area contributed by atoms with Crippen LogP contribution in [0.4, 0.5) is 0 Å². The molecule has 1 aromatic carbocycles. The van der Waals surface area contributed by atoms with Crippen molar-refractivity contribution in [3.63, 3.8) is 0 Å². The predicted octanol–water partition coefficient (Wildman–Crippen LogP) is 2.37. The smallest absolute Gasteiger partial charge is 0.145 e. The Morgan fingerprint density at radius 2 is 2.00 bits per heavy atom. The number of hydrogen-bond acceptors (Lipinski definition) is 1. The molecule has 0 fully saturated rings. The summed E-state index contributed by atoms with van der Waals surface area (Å²) in [7, 11) is 0. The molecular formula is C11H12O. The Morgan fingerprint density at radius 3 is 2.58 bits per heavy atom. The summed E-state index contributed by atoms with van der Waals surface area (Å²) in [5, 5.41) is 0. The third-order valence-corrected chi connectivity index (χ3v) is 1.69. The maximum Gasteiger partial charge on any atom is 0.145 e. The molecule has 0 atom stereocenters. The lowest BCUT2D eigenvalue weighted by atomic mass is 10.1. The molecule has 0 heterocycles. The number of carbonyl (C=O) groups excluding carboxylic acids is 1. The van der Waals surface area contributed by atoms with Crippen LogP contribution in [-0.4, -0.2) is 6.29 Å². The Balaban J connectivity index is 2.60. The van der Waals surface area contributed by atoms with Crippen molar-refractivity contribution >= 4 is 6.29 Å². The Kier molecular flexibility index (Phi) is 3.27. The van der Waals surface area contributed by atoms with E-state index < -0.39 is 0 Å². The first-order chi connectivity index (χ1) is 5.83. The molecule has 12 heavy (non-hydrogen) atoms. The summed E-state index contributed by atoms with van der Waals surface area (Å²) in [5.41, 5.74) is 2.03. The number of rotatable bonds is 3. The number of aldehydes is 1. The molecule has 1 nitrogen and oxygen atoms in total. The van der Waals surface area contributed by atoms with Crippen molar-refractivity contribution < 1.29 is 4.79 Å². The van der Waals surface area contributed by atoms with Gasteiger partial charge in [0.2, 0.25) is 0 Å². The third kappa shape index (κ3) is 2.70. The highest BCUT2D eigenvalue weighted by Crippen LogP contribution is 2.01. The van der Waals surface area contributed by atoms with Crippen molar-refractivity contribution in [3.05, 3.63) is 47.5 Å². The highest BCUT2D eigenvalue weighted by Gasteiger charge is 1.87. The molecule has 0 unspecified atom stereocenters. The van der Waals surface area contributed by atoms with Crippen LogP contribution in [0.5, 0.6) is 0 Å². The van der Waals surface area contributed by atoms with E-state index in [1.807, 2.05) is 31.2 Å². The fourth-order valence-electron chi connectivity index (χ4n) is 0.941. The van der Waals surface area contributed by atoms with Crippen molar-refractivity contribution in [2.24, 2.45) is 0 Å².